The quantitative estimate of drug-likeness (QED) is 0.693. The van der Waals surface area contributed by atoms with Crippen LogP contribution in [0, 0.1) is 5.82 Å². The first-order valence-electron chi connectivity index (χ1n) is 4.09. The summed E-state index contributed by atoms with van der Waals surface area (Å²) in [5.74, 6) is -3.19. The number of carboxylic acids is 1. The van der Waals surface area contributed by atoms with E-state index in [9.17, 15) is 17.6 Å². The van der Waals surface area contributed by atoms with Crippen LogP contribution in [0.25, 0.3) is 0 Å². The standard InChI is InChI=1S/C7H8FN.C2HF3O2/c8-7-3-1-6(5-9)2-4-7;3-2(4,5)1(6)7/h1-4H,5,9H2;(H,6,7). The predicted octanol–water partition coefficient (Wildman–Crippen LogP) is -0.134. The van der Waals surface area contributed by atoms with Gasteiger partial charge in [0.05, 0.1) is 6.54 Å². The summed E-state index contributed by atoms with van der Waals surface area (Å²) >= 11 is 0. The average molecular weight is 239 g/mol. The Morgan fingerprint density at radius 2 is 1.62 bits per heavy atom. The number of carbonyl (C=O) groups is 1. The zero-order chi connectivity index (χ0) is 12.8. The molecule has 1 rings (SSSR count). The van der Waals surface area contributed by atoms with Crippen molar-refractivity contribution in [3.63, 3.8) is 0 Å². The van der Waals surface area contributed by atoms with Crippen LogP contribution in [-0.2, 0) is 11.3 Å². The van der Waals surface area contributed by atoms with Crippen LogP contribution in [0.1, 0.15) is 5.56 Å². The molecule has 0 spiro atoms. The zero-order valence-electron chi connectivity index (χ0n) is 8.05. The van der Waals surface area contributed by atoms with Crippen LogP contribution in [0.5, 0.6) is 0 Å². The van der Waals surface area contributed by atoms with Crippen molar-refractivity contribution in [3.8, 4) is 0 Å². The van der Waals surface area contributed by atoms with E-state index in [1.807, 2.05) is 0 Å². The number of halogens is 4. The van der Waals surface area contributed by atoms with Gasteiger partial charge in [0, 0.05) is 5.56 Å². The van der Waals surface area contributed by atoms with Crippen LogP contribution in [0.4, 0.5) is 17.6 Å². The van der Waals surface area contributed by atoms with Crippen molar-refractivity contribution in [1.82, 2.24) is 0 Å². The number of carbonyl (C=O) groups excluding carboxylic acids is 1. The molecule has 1 aromatic rings. The highest BCUT2D eigenvalue weighted by Crippen LogP contribution is 2.11. The molecule has 0 aliphatic rings. The van der Waals surface area contributed by atoms with Crippen molar-refractivity contribution < 1.29 is 33.2 Å². The van der Waals surface area contributed by atoms with Gasteiger partial charge in [-0.1, -0.05) is 12.1 Å². The van der Waals surface area contributed by atoms with Crippen LogP contribution in [0.2, 0.25) is 0 Å². The highest BCUT2D eigenvalue weighted by molar-refractivity contribution is 5.70. The Labute approximate surface area is 88.5 Å². The Morgan fingerprint density at radius 1 is 1.25 bits per heavy atom. The predicted molar refractivity (Wildman–Crippen MR) is 44.1 cm³/mol. The SMILES string of the molecule is O=C([O-])C(F)(F)F.[NH3+]Cc1ccc(F)cc1. The Hall–Kier alpha value is -1.63. The topological polar surface area (TPSA) is 67.8 Å². The fraction of sp³-hybridized carbons (Fsp3) is 0.222. The fourth-order valence-corrected chi connectivity index (χ4v) is 0.651. The van der Waals surface area contributed by atoms with Gasteiger partial charge in [0.2, 0.25) is 0 Å². The minimum atomic E-state index is -5.19. The van der Waals surface area contributed by atoms with E-state index >= 15 is 0 Å². The molecule has 0 amide bonds. The molecule has 0 fully saturated rings. The maximum atomic E-state index is 12.2. The molecule has 0 aromatic heterocycles. The number of alkyl halides is 3. The molecule has 0 unspecified atom stereocenters. The second-order valence-electron chi connectivity index (χ2n) is 2.66. The van der Waals surface area contributed by atoms with Gasteiger partial charge in [-0.05, 0) is 12.1 Å². The Balaban J connectivity index is 0.000000293. The number of rotatable bonds is 1. The molecule has 0 bridgehead atoms. The van der Waals surface area contributed by atoms with E-state index in [0.29, 0.717) is 0 Å². The third kappa shape index (κ3) is 5.97. The van der Waals surface area contributed by atoms with Crippen molar-refractivity contribution in [2.75, 3.05) is 0 Å². The number of carboxylic acid groups (broad SMARTS) is 1. The molecule has 1 aromatic carbocycles. The molecule has 0 radical (unpaired) electrons. The van der Waals surface area contributed by atoms with E-state index in [-0.39, 0.29) is 5.82 Å². The van der Waals surface area contributed by atoms with Gasteiger partial charge in [0.25, 0.3) is 0 Å². The lowest BCUT2D eigenvalue weighted by Gasteiger charge is -2.03. The van der Waals surface area contributed by atoms with Gasteiger partial charge >= 0.3 is 6.18 Å². The summed E-state index contributed by atoms with van der Waals surface area (Å²) in [5, 5.41) is 8.78. The van der Waals surface area contributed by atoms with E-state index < -0.39 is 12.1 Å². The first kappa shape index (κ1) is 14.4. The Kier molecular flexibility index (Phi) is 5.44. The van der Waals surface area contributed by atoms with Crippen molar-refractivity contribution in [2.45, 2.75) is 12.7 Å². The molecule has 0 heterocycles. The molecule has 90 valence electrons. The number of quaternary nitrogens is 1. The number of hydrogen-bond donors (Lipinski definition) is 1. The summed E-state index contributed by atoms with van der Waals surface area (Å²) in [7, 11) is 0. The van der Waals surface area contributed by atoms with E-state index in [0.717, 1.165) is 12.1 Å². The van der Waals surface area contributed by atoms with Crippen LogP contribution in [0.3, 0.4) is 0 Å². The molecular weight excluding hydrogens is 230 g/mol. The van der Waals surface area contributed by atoms with Gasteiger partial charge < -0.3 is 15.6 Å². The maximum Gasteiger partial charge on any atom is 0.430 e. The first-order chi connectivity index (χ1) is 7.27. The number of hydrogen-bond acceptors (Lipinski definition) is 2. The fourth-order valence-electron chi connectivity index (χ4n) is 0.651. The van der Waals surface area contributed by atoms with Crippen molar-refractivity contribution in [1.29, 1.82) is 0 Å². The number of aliphatic carboxylic acids is 1. The van der Waals surface area contributed by atoms with Crippen LogP contribution >= 0.6 is 0 Å². The van der Waals surface area contributed by atoms with Gasteiger partial charge in [-0.3, -0.25) is 0 Å². The molecule has 0 atom stereocenters. The summed E-state index contributed by atoms with van der Waals surface area (Å²) in [4.78, 5) is 8.78. The maximum absolute atomic E-state index is 12.2. The van der Waals surface area contributed by atoms with Crippen LogP contribution < -0.4 is 10.8 Å². The van der Waals surface area contributed by atoms with Crippen LogP contribution in [0.15, 0.2) is 24.3 Å². The molecule has 7 heteroatoms. The Bertz CT molecular complexity index is 334. The highest BCUT2D eigenvalue weighted by atomic mass is 19.4. The average Bonchev–Trinajstić information content (AvgIpc) is 2.18. The van der Waals surface area contributed by atoms with E-state index in [1.54, 1.807) is 12.1 Å². The second kappa shape index (κ2) is 6.06. The van der Waals surface area contributed by atoms with Gasteiger partial charge in [0.15, 0.2) is 0 Å². The summed E-state index contributed by atoms with van der Waals surface area (Å²) in [6, 6.07) is 6.37. The molecule has 16 heavy (non-hydrogen) atoms. The lowest BCUT2D eigenvalue weighted by atomic mass is 10.2. The van der Waals surface area contributed by atoms with E-state index in [4.69, 9.17) is 9.90 Å². The minimum absolute atomic E-state index is 0.188. The summed E-state index contributed by atoms with van der Waals surface area (Å²) in [6.07, 6.45) is -5.19. The molecule has 0 saturated carbocycles. The van der Waals surface area contributed by atoms with Crippen LogP contribution in [-0.4, -0.2) is 12.1 Å². The van der Waals surface area contributed by atoms with Gasteiger partial charge in [0.1, 0.15) is 11.8 Å². The summed E-state index contributed by atoms with van der Waals surface area (Å²) in [6.45, 7) is 0.722. The highest BCUT2D eigenvalue weighted by Gasteiger charge is 2.28. The molecule has 3 nitrogen and oxygen atoms in total. The largest absolute Gasteiger partial charge is 0.542 e. The normalized spacial score (nSPS) is 10.3. The van der Waals surface area contributed by atoms with Crippen molar-refractivity contribution in [3.05, 3.63) is 35.6 Å². The molecule has 0 saturated heterocycles. The smallest absolute Gasteiger partial charge is 0.430 e. The lowest BCUT2D eigenvalue weighted by molar-refractivity contribution is -0.386. The van der Waals surface area contributed by atoms with Gasteiger partial charge in [-0.25, -0.2) is 4.39 Å². The van der Waals surface area contributed by atoms with Gasteiger partial charge in [-0.2, -0.15) is 13.2 Å². The molecular formula is C9H9F4NO2. The van der Waals surface area contributed by atoms with Gasteiger partial charge in [-0.15, -0.1) is 0 Å². The van der Waals surface area contributed by atoms with E-state index in [1.165, 1.54) is 12.1 Å². The van der Waals surface area contributed by atoms with Crippen molar-refractivity contribution >= 4 is 5.97 Å². The lowest BCUT2D eigenvalue weighted by Crippen LogP contribution is -2.47. The molecule has 0 aliphatic carbocycles. The first-order valence-corrected chi connectivity index (χ1v) is 4.09. The molecule has 3 N–H and O–H groups in total. The monoisotopic (exact) mass is 239 g/mol. The minimum Gasteiger partial charge on any atom is -0.542 e. The van der Waals surface area contributed by atoms with E-state index in [2.05, 4.69) is 5.73 Å². The molecule has 0 aliphatic heterocycles. The Morgan fingerprint density at radius 3 is 1.88 bits per heavy atom. The summed E-state index contributed by atoms with van der Waals surface area (Å²) < 4.78 is 43.8. The number of benzene rings is 1. The third-order valence-electron chi connectivity index (χ3n) is 1.43. The second-order valence-corrected chi connectivity index (χ2v) is 2.66. The van der Waals surface area contributed by atoms with Crippen molar-refractivity contribution in [2.24, 2.45) is 0 Å². The summed E-state index contributed by atoms with van der Waals surface area (Å²) in [5.41, 5.74) is 4.73. The third-order valence-corrected chi connectivity index (χ3v) is 1.43. The zero-order valence-corrected chi connectivity index (χ0v) is 8.05.